The van der Waals surface area contributed by atoms with Crippen LogP contribution in [0.2, 0.25) is 0 Å². The van der Waals surface area contributed by atoms with Crippen LogP contribution in [0.4, 0.5) is 0 Å². The Morgan fingerprint density at radius 3 is 2.38 bits per heavy atom. The Morgan fingerprint density at radius 1 is 1.38 bits per heavy atom. The minimum absolute atomic E-state index is 0.511. The molecule has 0 rings (SSSR count). The second-order valence-electron chi connectivity index (χ2n) is 1.75. The second-order valence-corrected chi connectivity index (χ2v) is 1.75. The van der Waals surface area contributed by atoms with Gasteiger partial charge in [-0.05, 0) is 12.5 Å². The van der Waals surface area contributed by atoms with Gasteiger partial charge in [0.2, 0.25) is 5.90 Å². The molecule has 0 heterocycles. The van der Waals surface area contributed by atoms with E-state index in [2.05, 4.69) is 18.2 Å². The molecule has 0 aromatic rings. The summed E-state index contributed by atoms with van der Waals surface area (Å²) in [5.74, 6) is 0.511. The maximum absolute atomic E-state index is 4.94. The van der Waals surface area contributed by atoms with E-state index in [1.807, 2.05) is 26.8 Å². The van der Waals surface area contributed by atoms with Gasteiger partial charge in [-0.25, -0.2) is 4.99 Å². The summed E-state index contributed by atoms with van der Waals surface area (Å²) in [5.41, 5.74) is 0. The fraction of sp³-hybridized carbons (Fsp3) is 0.364. The van der Waals surface area contributed by atoms with Crippen molar-refractivity contribution in [3.05, 3.63) is 37.8 Å². The smallest absolute Gasteiger partial charge is 0.217 e. The third kappa shape index (κ3) is 10.7. The van der Waals surface area contributed by atoms with Crippen LogP contribution in [0.5, 0.6) is 0 Å². The summed E-state index contributed by atoms with van der Waals surface area (Å²) in [6.07, 6.45) is 7.45. The molecule has 0 amide bonds. The van der Waals surface area contributed by atoms with E-state index >= 15 is 0 Å². The molecule has 0 aliphatic heterocycles. The van der Waals surface area contributed by atoms with E-state index in [0.29, 0.717) is 5.90 Å². The summed E-state index contributed by atoms with van der Waals surface area (Å²) in [6.45, 7) is 12.9. The minimum Gasteiger partial charge on any atom is -0.447 e. The fourth-order valence-corrected chi connectivity index (χ4v) is 0.507. The number of rotatable bonds is 4. The van der Waals surface area contributed by atoms with E-state index in [9.17, 15) is 0 Å². The van der Waals surface area contributed by atoms with Gasteiger partial charge in [0.15, 0.2) is 0 Å². The van der Waals surface area contributed by atoms with Gasteiger partial charge in [-0.15, -0.1) is 0 Å². The fourth-order valence-electron chi connectivity index (χ4n) is 0.507. The van der Waals surface area contributed by atoms with E-state index in [4.69, 9.17) is 4.74 Å². The van der Waals surface area contributed by atoms with Crippen molar-refractivity contribution < 1.29 is 4.74 Å². The van der Waals surface area contributed by atoms with Crippen LogP contribution in [0.25, 0.3) is 0 Å². The highest BCUT2D eigenvalue weighted by molar-refractivity contribution is 5.88. The van der Waals surface area contributed by atoms with Gasteiger partial charge in [-0.1, -0.05) is 40.0 Å². The maximum atomic E-state index is 4.94. The van der Waals surface area contributed by atoms with Crippen molar-refractivity contribution in [3.63, 3.8) is 0 Å². The number of aliphatic imine (C=N–C) groups is 1. The molecule has 2 nitrogen and oxygen atoms in total. The molecule has 0 N–H and O–H groups in total. The molecule has 0 aliphatic carbocycles. The average Bonchev–Trinajstić information content (AvgIpc) is 2.18. The molecular weight excluding hydrogens is 162 g/mol. The topological polar surface area (TPSA) is 21.6 Å². The normalized spacial score (nSPS) is 10.2. The lowest BCUT2D eigenvalue weighted by atomic mass is 10.4. The van der Waals surface area contributed by atoms with Crippen LogP contribution >= 0.6 is 0 Å². The predicted molar refractivity (Wildman–Crippen MR) is 59.7 cm³/mol. The van der Waals surface area contributed by atoms with E-state index in [-0.39, 0.29) is 0 Å². The predicted octanol–water partition coefficient (Wildman–Crippen LogP) is 3.68. The largest absolute Gasteiger partial charge is 0.447 e. The first-order chi connectivity index (χ1) is 6.35. The molecule has 0 radical (unpaired) electrons. The molecule has 0 saturated heterocycles. The van der Waals surface area contributed by atoms with Gasteiger partial charge in [-0.3, -0.25) is 0 Å². The lowest BCUT2D eigenvalue weighted by Gasteiger charge is -1.95. The summed E-state index contributed by atoms with van der Waals surface area (Å²) in [6, 6.07) is 0. The molecule has 0 aromatic carbocycles. The minimum atomic E-state index is 0.511. The lowest BCUT2D eigenvalue weighted by molar-refractivity contribution is 0.478. The molecule has 74 valence electrons. The van der Waals surface area contributed by atoms with Crippen LogP contribution in [0.1, 0.15) is 27.2 Å². The van der Waals surface area contributed by atoms with Crippen molar-refractivity contribution in [1.82, 2.24) is 0 Å². The van der Waals surface area contributed by atoms with Crippen LogP contribution < -0.4 is 0 Å². The van der Waals surface area contributed by atoms with E-state index < -0.39 is 0 Å². The quantitative estimate of drug-likeness (QED) is 0.368. The van der Waals surface area contributed by atoms with Crippen molar-refractivity contribution in [2.24, 2.45) is 4.99 Å². The number of allylic oxidation sites excluding steroid dienone is 1. The Bertz CT molecular complexity index is 181. The molecule has 0 bridgehead atoms. The second kappa shape index (κ2) is 13.3. The van der Waals surface area contributed by atoms with Crippen LogP contribution in [0.15, 0.2) is 42.8 Å². The Balaban J connectivity index is 0. The first-order valence-corrected chi connectivity index (χ1v) is 4.48. The number of nitrogens with zero attached hydrogens (tertiary/aromatic N) is 1. The summed E-state index contributed by atoms with van der Waals surface area (Å²) in [7, 11) is 0. The highest BCUT2D eigenvalue weighted by Crippen LogP contribution is 1.89. The average molecular weight is 181 g/mol. The van der Waals surface area contributed by atoms with Crippen LogP contribution in [-0.2, 0) is 4.74 Å². The SMILES string of the molecule is C=CN=C(/C=C\CC)OC=C.CC. The van der Waals surface area contributed by atoms with Crippen molar-refractivity contribution in [2.45, 2.75) is 27.2 Å². The van der Waals surface area contributed by atoms with Gasteiger partial charge in [0.25, 0.3) is 0 Å². The summed E-state index contributed by atoms with van der Waals surface area (Å²) >= 11 is 0. The molecular formula is C11H19NO. The highest BCUT2D eigenvalue weighted by Gasteiger charge is 1.86. The number of ether oxygens (including phenoxy) is 1. The molecule has 0 aromatic heterocycles. The standard InChI is InChI=1S/C9H13NO.C2H6/c1-4-7-8-9(10-5-2)11-6-3;1-2/h5-8H,2-4H2,1H3;1-2H3/b8-7-,10-9?;. The van der Waals surface area contributed by atoms with E-state index in [0.717, 1.165) is 6.42 Å². The lowest BCUT2D eigenvalue weighted by Crippen LogP contribution is -1.93. The van der Waals surface area contributed by atoms with Crippen molar-refractivity contribution >= 4 is 5.90 Å². The monoisotopic (exact) mass is 181 g/mol. The van der Waals surface area contributed by atoms with Crippen LogP contribution in [-0.4, -0.2) is 5.90 Å². The molecule has 0 unspecified atom stereocenters. The molecule has 0 aliphatic rings. The Labute approximate surface area is 81.3 Å². The van der Waals surface area contributed by atoms with Gasteiger partial charge in [0, 0.05) is 6.20 Å². The summed E-state index contributed by atoms with van der Waals surface area (Å²) in [5, 5.41) is 0. The zero-order valence-corrected chi connectivity index (χ0v) is 8.79. The van der Waals surface area contributed by atoms with Crippen molar-refractivity contribution in [3.8, 4) is 0 Å². The zero-order valence-electron chi connectivity index (χ0n) is 8.79. The summed E-state index contributed by atoms with van der Waals surface area (Å²) in [4.78, 5) is 3.85. The maximum Gasteiger partial charge on any atom is 0.217 e. The van der Waals surface area contributed by atoms with E-state index in [1.54, 1.807) is 6.08 Å². The van der Waals surface area contributed by atoms with Crippen LogP contribution in [0, 0.1) is 0 Å². The van der Waals surface area contributed by atoms with E-state index in [1.165, 1.54) is 12.5 Å². The first kappa shape index (κ1) is 14.2. The third-order valence-electron chi connectivity index (χ3n) is 0.919. The Hall–Kier alpha value is -1.31. The molecule has 0 fully saturated rings. The van der Waals surface area contributed by atoms with Gasteiger partial charge < -0.3 is 4.74 Å². The summed E-state index contributed by atoms with van der Waals surface area (Å²) < 4.78 is 4.94. The number of hydrogen-bond donors (Lipinski definition) is 0. The van der Waals surface area contributed by atoms with Gasteiger partial charge >= 0.3 is 0 Å². The van der Waals surface area contributed by atoms with Gasteiger partial charge in [0.05, 0.1) is 6.26 Å². The molecule has 13 heavy (non-hydrogen) atoms. The van der Waals surface area contributed by atoms with Crippen molar-refractivity contribution in [1.29, 1.82) is 0 Å². The molecule has 0 spiro atoms. The van der Waals surface area contributed by atoms with Crippen LogP contribution in [0.3, 0.4) is 0 Å². The first-order valence-electron chi connectivity index (χ1n) is 4.48. The Kier molecular flexibility index (Phi) is 14.5. The van der Waals surface area contributed by atoms with Crippen molar-refractivity contribution in [2.75, 3.05) is 0 Å². The highest BCUT2D eigenvalue weighted by atomic mass is 16.5. The van der Waals surface area contributed by atoms with Gasteiger partial charge in [0.1, 0.15) is 0 Å². The molecule has 0 atom stereocenters. The van der Waals surface area contributed by atoms with Gasteiger partial charge in [-0.2, -0.15) is 0 Å². The molecule has 2 heteroatoms. The Morgan fingerprint density at radius 2 is 2.00 bits per heavy atom. The number of hydrogen-bond acceptors (Lipinski definition) is 2. The molecule has 0 saturated carbocycles. The third-order valence-corrected chi connectivity index (χ3v) is 0.919. The zero-order chi connectivity index (χ0) is 10.5.